The molecule has 3 aromatic rings. The van der Waals surface area contributed by atoms with E-state index in [1.54, 1.807) is 30.2 Å². The van der Waals surface area contributed by atoms with Crippen LogP contribution in [-0.4, -0.2) is 71.1 Å². The largest absolute Gasteiger partial charge is 0.497 e. The van der Waals surface area contributed by atoms with Crippen molar-refractivity contribution < 1.29 is 23.8 Å². The van der Waals surface area contributed by atoms with Gasteiger partial charge in [0.25, 0.3) is 0 Å². The van der Waals surface area contributed by atoms with Crippen molar-refractivity contribution in [1.29, 1.82) is 0 Å². The normalized spacial score (nSPS) is 16.4. The van der Waals surface area contributed by atoms with Gasteiger partial charge < -0.3 is 14.7 Å². The topological polar surface area (TPSA) is 83.0 Å². The second-order valence-corrected chi connectivity index (χ2v) is 8.79. The molecule has 2 aromatic carbocycles. The lowest BCUT2D eigenvalue weighted by atomic mass is 10.0. The molecule has 8 heteroatoms. The van der Waals surface area contributed by atoms with Crippen molar-refractivity contribution in [2.45, 2.75) is 31.7 Å². The molecule has 1 N–H and O–H groups in total. The van der Waals surface area contributed by atoms with Gasteiger partial charge in [-0.25, -0.2) is 4.39 Å². The fraction of sp³-hybridized carbons (Fsp3) is 0.370. The molecule has 0 radical (unpaired) electrons. The summed E-state index contributed by atoms with van der Waals surface area (Å²) >= 11 is 0. The van der Waals surface area contributed by atoms with E-state index in [1.165, 1.54) is 6.20 Å². The van der Waals surface area contributed by atoms with Gasteiger partial charge in [0.15, 0.2) is 0 Å². The van der Waals surface area contributed by atoms with Crippen molar-refractivity contribution in [2.75, 3.05) is 33.3 Å². The van der Waals surface area contributed by atoms with Crippen molar-refractivity contribution in [1.82, 2.24) is 14.8 Å². The zero-order valence-corrected chi connectivity index (χ0v) is 19.8. The molecule has 1 atom stereocenters. The molecule has 2 heterocycles. The van der Waals surface area contributed by atoms with Crippen molar-refractivity contribution in [3.05, 3.63) is 71.7 Å². The van der Waals surface area contributed by atoms with E-state index in [-0.39, 0.29) is 18.3 Å². The smallest absolute Gasteiger partial charge is 0.322 e. The number of hydrogen-bond acceptors (Lipinski definition) is 5. The number of carboxylic acid groups (broad SMARTS) is 1. The molecule has 1 aliphatic heterocycles. The minimum Gasteiger partial charge on any atom is -0.497 e. The number of rotatable bonds is 9. The first-order chi connectivity index (χ1) is 17.0. The molecule has 1 amide bonds. The van der Waals surface area contributed by atoms with E-state index in [9.17, 15) is 19.1 Å². The van der Waals surface area contributed by atoms with Crippen molar-refractivity contribution in [2.24, 2.45) is 0 Å². The average Bonchev–Trinajstić information content (AvgIpc) is 2.88. The highest BCUT2D eigenvalue weighted by Crippen LogP contribution is 2.26. The Kier molecular flexibility index (Phi) is 7.92. The van der Waals surface area contributed by atoms with Gasteiger partial charge >= 0.3 is 5.97 Å². The zero-order chi connectivity index (χ0) is 24.8. The monoisotopic (exact) mass is 479 g/mol. The Bertz CT molecular complexity index is 1190. The number of aromatic nitrogens is 1. The van der Waals surface area contributed by atoms with Gasteiger partial charge in [-0.2, -0.15) is 0 Å². The van der Waals surface area contributed by atoms with E-state index in [2.05, 4.69) is 4.98 Å². The van der Waals surface area contributed by atoms with Crippen molar-refractivity contribution in [3.8, 4) is 5.75 Å². The van der Waals surface area contributed by atoms with E-state index < -0.39 is 12.0 Å². The molecule has 0 spiro atoms. The molecular formula is C27H30FN3O4. The number of halogens is 1. The number of aliphatic carboxylic acids is 1. The van der Waals surface area contributed by atoms with Crippen LogP contribution in [0.5, 0.6) is 5.75 Å². The number of aryl methyl sites for hydroxylation is 2. The van der Waals surface area contributed by atoms with Gasteiger partial charge in [0.1, 0.15) is 17.6 Å². The van der Waals surface area contributed by atoms with Gasteiger partial charge in [0, 0.05) is 31.4 Å². The molecule has 4 rings (SSSR count). The van der Waals surface area contributed by atoms with Crippen LogP contribution in [0, 0.1) is 5.82 Å². The van der Waals surface area contributed by atoms with E-state index in [1.807, 2.05) is 35.2 Å². The summed E-state index contributed by atoms with van der Waals surface area (Å²) in [6, 6.07) is 14.4. The van der Waals surface area contributed by atoms with Crippen LogP contribution in [0.4, 0.5) is 4.39 Å². The number of pyridine rings is 1. The molecule has 7 nitrogen and oxygen atoms in total. The number of methoxy groups -OCH3 is 1. The van der Waals surface area contributed by atoms with Crippen LogP contribution in [0.1, 0.15) is 24.0 Å². The highest BCUT2D eigenvalue weighted by Gasteiger charge is 2.33. The number of fused-ring (bicyclic) bond motifs is 1. The Morgan fingerprint density at radius 3 is 2.69 bits per heavy atom. The summed E-state index contributed by atoms with van der Waals surface area (Å²) in [4.78, 5) is 32.4. The minimum atomic E-state index is -0.948. The first-order valence-corrected chi connectivity index (χ1v) is 11.9. The SMILES string of the molecule is COc1ccc2ncc(F)c(CCCN3CCN(C(=O)CCc4ccccc4)C[C@@H]3C(=O)O)c2c1. The van der Waals surface area contributed by atoms with Gasteiger partial charge in [-0.1, -0.05) is 30.3 Å². The van der Waals surface area contributed by atoms with Gasteiger partial charge in [0.2, 0.25) is 5.91 Å². The summed E-state index contributed by atoms with van der Waals surface area (Å²) in [5, 5.41) is 10.5. The maximum atomic E-state index is 14.6. The summed E-state index contributed by atoms with van der Waals surface area (Å²) in [5.74, 6) is -0.727. The van der Waals surface area contributed by atoms with Crippen LogP contribution in [0.25, 0.3) is 10.9 Å². The maximum absolute atomic E-state index is 14.6. The second-order valence-electron chi connectivity index (χ2n) is 8.79. The number of carbonyl (C=O) groups excluding carboxylic acids is 1. The highest BCUT2D eigenvalue weighted by atomic mass is 19.1. The maximum Gasteiger partial charge on any atom is 0.322 e. The number of nitrogens with zero attached hydrogens (tertiary/aromatic N) is 3. The van der Waals surface area contributed by atoms with Crippen LogP contribution in [0.3, 0.4) is 0 Å². The molecule has 184 valence electrons. The summed E-state index contributed by atoms with van der Waals surface area (Å²) in [5.41, 5.74) is 2.33. The Labute approximate surface area is 204 Å². The summed E-state index contributed by atoms with van der Waals surface area (Å²) in [7, 11) is 1.56. The lowest BCUT2D eigenvalue weighted by molar-refractivity contribution is -0.148. The quantitative estimate of drug-likeness (QED) is 0.506. The Morgan fingerprint density at radius 2 is 1.94 bits per heavy atom. The van der Waals surface area contributed by atoms with Gasteiger partial charge in [0.05, 0.1) is 18.8 Å². The fourth-order valence-corrected chi connectivity index (χ4v) is 4.65. The molecule has 1 saturated heterocycles. The van der Waals surface area contributed by atoms with Gasteiger partial charge in [-0.05, 0) is 55.1 Å². The minimum absolute atomic E-state index is 0.0287. The molecule has 1 aromatic heterocycles. The first-order valence-electron chi connectivity index (χ1n) is 11.9. The van der Waals surface area contributed by atoms with Crippen LogP contribution in [0.2, 0.25) is 0 Å². The second kappa shape index (κ2) is 11.3. The lowest BCUT2D eigenvalue weighted by Crippen LogP contribution is -2.57. The number of ether oxygens (including phenoxy) is 1. The first kappa shape index (κ1) is 24.6. The van der Waals surface area contributed by atoms with Gasteiger partial charge in [-0.15, -0.1) is 0 Å². The number of carboxylic acids is 1. The molecule has 35 heavy (non-hydrogen) atoms. The number of amides is 1. The predicted octanol–water partition coefficient (Wildman–Crippen LogP) is 3.55. The highest BCUT2D eigenvalue weighted by molar-refractivity contribution is 5.83. The molecular weight excluding hydrogens is 449 g/mol. The third-order valence-corrected chi connectivity index (χ3v) is 6.61. The number of benzene rings is 2. The molecule has 0 aliphatic carbocycles. The Morgan fingerprint density at radius 1 is 1.14 bits per heavy atom. The predicted molar refractivity (Wildman–Crippen MR) is 131 cm³/mol. The van der Waals surface area contributed by atoms with Gasteiger partial charge in [-0.3, -0.25) is 19.5 Å². The van der Waals surface area contributed by atoms with Crippen molar-refractivity contribution in [3.63, 3.8) is 0 Å². The van der Waals surface area contributed by atoms with Crippen LogP contribution < -0.4 is 4.74 Å². The van der Waals surface area contributed by atoms with Crippen LogP contribution >= 0.6 is 0 Å². The number of carbonyl (C=O) groups is 2. The summed E-state index contributed by atoms with van der Waals surface area (Å²) < 4.78 is 19.9. The van der Waals surface area contributed by atoms with E-state index in [0.717, 1.165) is 5.56 Å². The standard InChI is InChI=1S/C27H30FN3O4/c1-35-20-10-11-24-22(16-20)21(23(28)17-29-24)8-5-13-30-14-15-31(18-25(30)27(33)34)26(32)12-9-19-6-3-2-4-7-19/h2-4,6-7,10-11,16-17,25H,5,8-9,12-15,18H2,1H3,(H,33,34)/t25-/m1/s1. The molecule has 0 saturated carbocycles. The molecule has 0 bridgehead atoms. The van der Waals surface area contributed by atoms with E-state index in [4.69, 9.17) is 4.74 Å². The van der Waals surface area contributed by atoms with Crippen LogP contribution in [0.15, 0.2) is 54.7 Å². The summed E-state index contributed by atoms with van der Waals surface area (Å²) in [6.07, 6.45) is 3.24. The van der Waals surface area contributed by atoms with Crippen LogP contribution in [-0.2, 0) is 22.4 Å². The fourth-order valence-electron chi connectivity index (χ4n) is 4.65. The third kappa shape index (κ3) is 5.95. The Hall–Kier alpha value is -3.52. The molecule has 0 unspecified atom stereocenters. The number of piperazine rings is 1. The third-order valence-electron chi connectivity index (χ3n) is 6.61. The average molecular weight is 480 g/mol. The zero-order valence-electron chi connectivity index (χ0n) is 19.8. The lowest BCUT2D eigenvalue weighted by Gasteiger charge is -2.39. The Balaban J connectivity index is 1.36. The van der Waals surface area contributed by atoms with Crippen molar-refractivity contribution >= 4 is 22.8 Å². The number of hydrogen-bond donors (Lipinski definition) is 1. The van der Waals surface area contributed by atoms with E-state index >= 15 is 0 Å². The summed E-state index contributed by atoms with van der Waals surface area (Å²) in [6.45, 7) is 1.62. The van der Waals surface area contributed by atoms with E-state index in [0.29, 0.717) is 67.5 Å². The molecule has 1 fully saturated rings. The molecule has 1 aliphatic rings.